The van der Waals surface area contributed by atoms with Gasteiger partial charge in [0.1, 0.15) is 5.82 Å². The molecule has 0 spiro atoms. The third kappa shape index (κ3) is 4.92. The minimum absolute atomic E-state index is 0.0162. The molecule has 2 saturated heterocycles. The quantitative estimate of drug-likeness (QED) is 0.872. The van der Waals surface area contributed by atoms with Crippen LogP contribution in [0.25, 0.3) is 0 Å². The van der Waals surface area contributed by atoms with Crippen LogP contribution in [0.15, 0.2) is 18.2 Å². The first-order valence-corrected chi connectivity index (χ1v) is 9.01. The molecule has 0 radical (unpaired) electrons. The number of nitrogens with zero attached hydrogens (tertiary/aromatic N) is 2. The van der Waals surface area contributed by atoms with Gasteiger partial charge in [0.25, 0.3) is 0 Å². The van der Waals surface area contributed by atoms with Crippen LogP contribution in [0.3, 0.4) is 0 Å². The number of hydrogen-bond donors (Lipinski definition) is 2. The second-order valence-corrected chi connectivity index (χ2v) is 6.74. The number of amides is 3. The van der Waals surface area contributed by atoms with Crippen molar-refractivity contribution in [2.45, 2.75) is 38.7 Å². The van der Waals surface area contributed by atoms with Crippen LogP contribution in [0.5, 0.6) is 0 Å². The highest BCUT2D eigenvalue weighted by molar-refractivity contribution is 5.91. The van der Waals surface area contributed by atoms with E-state index in [2.05, 4.69) is 15.6 Å². The van der Waals surface area contributed by atoms with Gasteiger partial charge in [0.2, 0.25) is 5.91 Å². The lowest BCUT2D eigenvalue weighted by Crippen LogP contribution is -2.47. The van der Waals surface area contributed by atoms with Gasteiger partial charge in [-0.1, -0.05) is 6.07 Å². The highest BCUT2D eigenvalue weighted by Gasteiger charge is 2.28. The third-order valence-corrected chi connectivity index (χ3v) is 4.80. The molecule has 2 N–H and O–H groups in total. The van der Waals surface area contributed by atoms with E-state index >= 15 is 0 Å². The minimum Gasteiger partial charge on any atom is -0.376 e. The minimum atomic E-state index is -0.0791. The molecule has 0 aliphatic carbocycles. The lowest BCUT2D eigenvalue weighted by molar-refractivity contribution is -0.121. The van der Waals surface area contributed by atoms with Crippen LogP contribution in [0, 0.1) is 12.8 Å². The van der Waals surface area contributed by atoms with Crippen molar-refractivity contribution in [2.75, 3.05) is 31.6 Å². The van der Waals surface area contributed by atoms with Gasteiger partial charge in [0.15, 0.2) is 0 Å². The van der Waals surface area contributed by atoms with Gasteiger partial charge in [-0.25, -0.2) is 9.78 Å². The Hall–Kier alpha value is -2.15. The summed E-state index contributed by atoms with van der Waals surface area (Å²) < 4.78 is 5.51. The number of carbonyl (C=O) groups is 2. The Kier molecular flexibility index (Phi) is 5.86. The molecule has 1 aromatic rings. The van der Waals surface area contributed by atoms with Gasteiger partial charge < -0.3 is 20.3 Å². The zero-order valence-corrected chi connectivity index (χ0v) is 14.7. The van der Waals surface area contributed by atoms with Gasteiger partial charge in [-0.2, -0.15) is 0 Å². The van der Waals surface area contributed by atoms with E-state index in [0.717, 1.165) is 25.1 Å². The number of hydrogen-bond acceptors (Lipinski definition) is 4. The lowest BCUT2D eigenvalue weighted by atomic mass is 9.96. The molecule has 136 valence electrons. The van der Waals surface area contributed by atoms with E-state index in [1.54, 1.807) is 11.0 Å². The highest BCUT2D eigenvalue weighted by Crippen LogP contribution is 2.19. The summed E-state index contributed by atoms with van der Waals surface area (Å²) in [4.78, 5) is 30.7. The molecular weight excluding hydrogens is 320 g/mol. The summed E-state index contributed by atoms with van der Waals surface area (Å²) in [5.41, 5.74) is 0.871. The largest absolute Gasteiger partial charge is 0.376 e. The van der Waals surface area contributed by atoms with E-state index in [4.69, 9.17) is 4.74 Å². The molecule has 0 aromatic carbocycles. The molecule has 7 nitrogen and oxygen atoms in total. The summed E-state index contributed by atoms with van der Waals surface area (Å²) >= 11 is 0. The van der Waals surface area contributed by atoms with Crippen LogP contribution >= 0.6 is 0 Å². The molecule has 7 heteroatoms. The summed E-state index contributed by atoms with van der Waals surface area (Å²) in [6.45, 7) is 4.44. The summed E-state index contributed by atoms with van der Waals surface area (Å²) in [6.07, 6.45) is 3.57. The van der Waals surface area contributed by atoms with Crippen LogP contribution in [-0.2, 0) is 9.53 Å². The predicted molar refractivity (Wildman–Crippen MR) is 94.3 cm³/mol. The summed E-state index contributed by atoms with van der Waals surface area (Å²) in [6, 6.07) is 5.50. The molecule has 2 aliphatic rings. The monoisotopic (exact) mass is 346 g/mol. The van der Waals surface area contributed by atoms with Gasteiger partial charge in [-0.15, -0.1) is 0 Å². The van der Waals surface area contributed by atoms with Crippen molar-refractivity contribution >= 4 is 17.8 Å². The zero-order valence-electron chi connectivity index (χ0n) is 14.7. The van der Waals surface area contributed by atoms with Crippen LogP contribution in [-0.4, -0.2) is 54.2 Å². The van der Waals surface area contributed by atoms with Crippen LogP contribution in [0.1, 0.15) is 31.4 Å². The number of urea groups is 1. The van der Waals surface area contributed by atoms with E-state index < -0.39 is 0 Å². The predicted octanol–water partition coefficient (Wildman–Crippen LogP) is 1.93. The Labute approximate surface area is 148 Å². The number of anilines is 1. The summed E-state index contributed by atoms with van der Waals surface area (Å²) in [5.74, 6) is 0.490. The normalized spacial score (nSPS) is 21.2. The van der Waals surface area contributed by atoms with E-state index in [0.29, 0.717) is 38.3 Å². The van der Waals surface area contributed by atoms with Crippen molar-refractivity contribution in [2.24, 2.45) is 5.92 Å². The molecule has 1 aromatic heterocycles. The Bertz CT molecular complexity index is 608. The first-order chi connectivity index (χ1) is 12.1. The van der Waals surface area contributed by atoms with Crippen LogP contribution in [0.2, 0.25) is 0 Å². The Morgan fingerprint density at radius 1 is 1.28 bits per heavy atom. The fraction of sp³-hybridized carbons (Fsp3) is 0.611. The number of piperidine rings is 1. The molecule has 1 unspecified atom stereocenters. The van der Waals surface area contributed by atoms with Crippen molar-refractivity contribution in [1.29, 1.82) is 0 Å². The summed E-state index contributed by atoms with van der Waals surface area (Å²) in [7, 11) is 0. The van der Waals surface area contributed by atoms with Crippen molar-refractivity contribution in [3.05, 3.63) is 23.9 Å². The summed E-state index contributed by atoms with van der Waals surface area (Å²) in [5, 5.41) is 5.81. The van der Waals surface area contributed by atoms with Crippen molar-refractivity contribution in [3.8, 4) is 0 Å². The lowest BCUT2D eigenvalue weighted by Gasteiger charge is -2.31. The highest BCUT2D eigenvalue weighted by atomic mass is 16.5. The number of aryl methyl sites for hydroxylation is 1. The van der Waals surface area contributed by atoms with Gasteiger partial charge in [-0.05, 0) is 44.7 Å². The number of ether oxygens (including phenoxy) is 1. The van der Waals surface area contributed by atoms with E-state index in [9.17, 15) is 9.59 Å². The number of likely N-dealkylation sites (tertiary alicyclic amines) is 1. The van der Waals surface area contributed by atoms with Gasteiger partial charge >= 0.3 is 6.03 Å². The Balaban J connectivity index is 1.41. The standard InChI is InChI=1S/C18H26N4O3/c1-13-4-2-6-16(20-13)21-17(23)14-7-9-22(10-8-14)18(24)19-12-15-5-3-11-25-15/h2,4,6,14-15H,3,5,7-12H2,1H3,(H,19,24)(H,20,21,23). The molecule has 1 atom stereocenters. The van der Waals surface area contributed by atoms with Crippen LogP contribution in [0.4, 0.5) is 10.6 Å². The SMILES string of the molecule is Cc1cccc(NC(=O)C2CCN(C(=O)NCC3CCCO3)CC2)n1. The molecule has 2 aliphatic heterocycles. The first-order valence-electron chi connectivity index (χ1n) is 9.01. The first kappa shape index (κ1) is 17.7. The zero-order chi connectivity index (χ0) is 17.6. The average molecular weight is 346 g/mol. The molecule has 3 heterocycles. The molecule has 0 bridgehead atoms. The van der Waals surface area contributed by atoms with Gasteiger partial charge in [0.05, 0.1) is 6.10 Å². The molecule has 3 amide bonds. The van der Waals surface area contributed by atoms with E-state index in [-0.39, 0.29) is 24.0 Å². The van der Waals surface area contributed by atoms with Gasteiger partial charge in [-0.3, -0.25) is 4.79 Å². The van der Waals surface area contributed by atoms with Crippen LogP contribution < -0.4 is 10.6 Å². The number of pyridine rings is 1. The van der Waals surface area contributed by atoms with Crippen molar-refractivity contribution in [1.82, 2.24) is 15.2 Å². The number of carbonyl (C=O) groups excluding carboxylic acids is 2. The fourth-order valence-corrected chi connectivity index (χ4v) is 3.30. The molecular formula is C18H26N4O3. The topological polar surface area (TPSA) is 83.6 Å². The maximum absolute atomic E-state index is 12.4. The number of aromatic nitrogens is 1. The molecule has 2 fully saturated rings. The second-order valence-electron chi connectivity index (χ2n) is 6.74. The Morgan fingerprint density at radius 2 is 2.08 bits per heavy atom. The second kappa shape index (κ2) is 8.29. The van der Waals surface area contributed by atoms with Gasteiger partial charge in [0, 0.05) is 37.9 Å². The number of rotatable bonds is 4. The third-order valence-electron chi connectivity index (χ3n) is 4.80. The van der Waals surface area contributed by atoms with E-state index in [1.165, 1.54) is 0 Å². The maximum Gasteiger partial charge on any atom is 0.317 e. The number of nitrogens with one attached hydrogen (secondary N) is 2. The molecule has 25 heavy (non-hydrogen) atoms. The molecule has 3 rings (SSSR count). The van der Waals surface area contributed by atoms with Crippen molar-refractivity contribution in [3.63, 3.8) is 0 Å². The Morgan fingerprint density at radius 3 is 2.76 bits per heavy atom. The smallest absolute Gasteiger partial charge is 0.317 e. The molecule has 0 saturated carbocycles. The van der Waals surface area contributed by atoms with Crippen molar-refractivity contribution < 1.29 is 14.3 Å². The average Bonchev–Trinajstić information content (AvgIpc) is 3.13. The fourth-order valence-electron chi connectivity index (χ4n) is 3.30. The van der Waals surface area contributed by atoms with E-state index in [1.807, 2.05) is 19.1 Å². The maximum atomic E-state index is 12.4.